The summed E-state index contributed by atoms with van der Waals surface area (Å²) in [5.41, 5.74) is 1.06. The zero-order chi connectivity index (χ0) is 12.3. The van der Waals surface area contributed by atoms with Gasteiger partial charge in [0.1, 0.15) is 0 Å². The van der Waals surface area contributed by atoms with Crippen LogP contribution in [-0.4, -0.2) is 28.8 Å². The van der Waals surface area contributed by atoms with Crippen LogP contribution in [0.15, 0.2) is 6.20 Å². The minimum absolute atomic E-state index is 0.215. The van der Waals surface area contributed by atoms with Crippen LogP contribution in [-0.2, 0) is 11.3 Å². The molecule has 1 heterocycles. The number of aryl methyl sites for hydroxylation is 1. The molecule has 0 bridgehead atoms. The highest BCUT2D eigenvalue weighted by molar-refractivity contribution is 5.30. The maximum atomic E-state index is 5.31. The number of nitrogens with zero attached hydrogens (tertiary/aromatic N) is 2. The van der Waals surface area contributed by atoms with E-state index >= 15 is 0 Å². The average Bonchev–Trinajstić information content (AvgIpc) is 2.90. The number of ether oxygens (including phenoxy) is 1. The van der Waals surface area contributed by atoms with Crippen LogP contribution in [0.3, 0.4) is 0 Å². The SMILES string of the molecule is COC(C)Cn1cc(C)nc1NC1CCCC1. The molecule has 1 aliphatic carbocycles. The Morgan fingerprint density at radius 1 is 1.53 bits per heavy atom. The third kappa shape index (κ3) is 3.22. The van der Waals surface area contributed by atoms with Crippen molar-refractivity contribution in [3.63, 3.8) is 0 Å². The van der Waals surface area contributed by atoms with Crippen molar-refractivity contribution in [3.8, 4) is 0 Å². The largest absolute Gasteiger partial charge is 0.380 e. The van der Waals surface area contributed by atoms with Gasteiger partial charge in [-0.1, -0.05) is 12.8 Å². The Bertz CT molecular complexity index is 356. The summed E-state index contributed by atoms with van der Waals surface area (Å²) in [6.07, 6.45) is 7.52. The number of aromatic nitrogens is 2. The molecule has 0 spiro atoms. The molecule has 1 atom stereocenters. The second-order valence-electron chi connectivity index (χ2n) is 5.03. The molecule has 1 N–H and O–H groups in total. The second-order valence-corrected chi connectivity index (χ2v) is 5.03. The predicted octanol–water partition coefficient (Wildman–Crippen LogP) is 2.58. The molecular formula is C13H23N3O. The van der Waals surface area contributed by atoms with Crippen molar-refractivity contribution in [3.05, 3.63) is 11.9 Å². The number of nitrogens with one attached hydrogen (secondary N) is 1. The first-order valence-corrected chi connectivity index (χ1v) is 6.52. The first-order valence-electron chi connectivity index (χ1n) is 6.52. The van der Waals surface area contributed by atoms with Crippen LogP contribution in [0.4, 0.5) is 5.95 Å². The van der Waals surface area contributed by atoms with E-state index in [2.05, 4.69) is 28.0 Å². The Morgan fingerprint density at radius 3 is 2.88 bits per heavy atom. The molecule has 0 aliphatic heterocycles. The van der Waals surface area contributed by atoms with Crippen molar-refractivity contribution in [1.29, 1.82) is 0 Å². The topological polar surface area (TPSA) is 39.1 Å². The zero-order valence-electron chi connectivity index (χ0n) is 11.1. The smallest absolute Gasteiger partial charge is 0.203 e. The molecule has 96 valence electrons. The van der Waals surface area contributed by atoms with Crippen LogP contribution in [0.5, 0.6) is 0 Å². The lowest BCUT2D eigenvalue weighted by atomic mass is 10.2. The maximum absolute atomic E-state index is 5.31. The van der Waals surface area contributed by atoms with Crippen molar-refractivity contribution in [2.75, 3.05) is 12.4 Å². The van der Waals surface area contributed by atoms with Crippen LogP contribution < -0.4 is 5.32 Å². The van der Waals surface area contributed by atoms with Crippen LogP contribution in [0.25, 0.3) is 0 Å². The van der Waals surface area contributed by atoms with Crippen LogP contribution in [0.1, 0.15) is 38.3 Å². The van der Waals surface area contributed by atoms with Gasteiger partial charge >= 0.3 is 0 Å². The third-order valence-electron chi connectivity index (χ3n) is 3.44. The van der Waals surface area contributed by atoms with Crippen molar-refractivity contribution in [2.45, 2.75) is 58.2 Å². The van der Waals surface area contributed by atoms with Crippen molar-refractivity contribution >= 4 is 5.95 Å². The Hall–Kier alpha value is -1.03. The standard InChI is InChI=1S/C13H23N3O/c1-10-8-16(9-11(2)17-3)13(14-10)15-12-6-4-5-7-12/h8,11-12H,4-7,9H2,1-3H3,(H,14,15). The van der Waals surface area contributed by atoms with Gasteiger partial charge in [0.15, 0.2) is 0 Å². The van der Waals surface area contributed by atoms with Crippen LogP contribution in [0.2, 0.25) is 0 Å². The molecule has 1 saturated carbocycles. The Labute approximate surface area is 103 Å². The Balaban J connectivity index is 2.03. The molecule has 1 unspecified atom stereocenters. The van der Waals surface area contributed by atoms with Crippen molar-refractivity contribution in [1.82, 2.24) is 9.55 Å². The first-order chi connectivity index (χ1) is 8.19. The molecule has 0 radical (unpaired) electrons. The predicted molar refractivity (Wildman–Crippen MR) is 69.3 cm³/mol. The molecule has 0 amide bonds. The third-order valence-corrected chi connectivity index (χ3v) is 3.44. The molecule has 1 aliphatic rings. The number of methoxy groups -OCH3 is 1. The normalized spacial score (nSPS) is 18.5. The van der Waals surface area contributed by atoms with Crippen molar-refractivity contribution < 1.29 is 4.74 Å². The molecule has 1 aromatic heterocycles. The summed E-state index contributed by atoms with van der Waals surface area (Å²) in [6, 6.07) is 0.605. The van der Waals surface area contributed by atoms with Crippen LogP contribution >= 0.6 is 0 Å². The highest BCUT2D eigenvalue weighted by atomic mass is 16.5. The summed E-state index contributed by atoms with van der Waals surface area (Å²) in [5.74, 6) is 0.998. The lowest BCUT2D eigenvalue weighted by Gasteiger charge is -2.16. The van der Waals surface area contributed by atoms with Gasteiger partial charge in [-0.15, -0.1) is 0 Å². The summed E-state index contributed by atoms with van der Waals surface area (Å²) >= 11 is 0. The Kier molecular flexibility index (Phi) is 4.05. The number of anilines is 1. The van der Waals surface area contributed by atoms with Gasteiger partial charge in [-0.2, -0.15) is 0 Å². The molecule has 1 aromatic rings. The second kappa shape index (κ2) is 5.54. The summed E-state index contributed by atoms with van der Waals surface area (Å²) in [5, 5.41) is 3.56. The maximum Gasteiger partial charge on any atom is 0.203 e. The van der Waals surface area contributed by atoms with E-state index in [0.717, 1.165) is 18.2 Å². The average molecular weight is 237 g/mol. The minimum atomic E-state index is 0.215. The molecule has 0 saturated heterocycles. The minimum Gasteiger partial charge on any atom is -0.380 e. The van der Waals surface area contributed by atoms with E-state index in [1.54, 1.807) is 7.11 Å². The fraction of sp³-hybridized carbons (Fsp3) is 0.769. The number of hydrogen-bond acceptors (Lipinski definition) is 3. The highest BCUT2D eigenvalue weighted by Gasteiger charge is 2.17. The van der Waals surface area contributed by atoms with E-state index in [9.17, 15) is 0 Å². The number of hydrogen-bond donors (Lipinski definition) is 1. The van der Waals surface area contributed by atoms with E-state index in [4.69, 9.17) is 4.74 Å². The quantitative estimate of drug-likeness (QED) is 0.855. The first kappa shape index (κ1) is 12.4. The molecule has 4 heteroatoms. The van der Waals surface area contributed by atoms with Gasteiger partial charge in [0, 0.05) is 19.3 Å². The molecule has 17 heavy (non-hydrogen) atoms. The molecule has 2 rings (SSSR count). The van der Waals surface area contributed by atoms with Gasteiger partial charge in [0.2, 0.25) is 5.95 Å². The van der Waals surface area contributed by atoms with E-state index in [-0.39, 0.29) is 6.10 Å². The van der Waals surface area contributed by atoms with Gasteiger partial charge in [-0.3, -0.25) is 0 Å². The summed E-state index contributed by atoms with van der Waals surface area (Å²) in [4.78, 5) is 4.56. The van der Waals surface area contributed by atoms with Crippen molar-refractivity contribution in [2.24, 2.45) is 0 Å². The fourth-order valence-electron chi connectivity index (χ4n) is 2.41. The van der Waals surface area contributed by atoms with Gasteiger partial charge in [-0.25, -0.2) is 4.98 Å². The van der Waals surface area contributed by atoms with Gasteiger partial charge in [0.25, 0.3) is 0 Å². The zero-order valence-corrected chi connectivity index (χ0v) is 11.1. The van der Waals surface area contributed by atoms with Gasteiger partial charge in [0.05, 0.1) is 18.3 Å². The molecule has 0 aromatic carbocycles. The monoisotopic (exact) mass is 237 g/mol. The lowest BCUT2D eigenvalue weighted by Crippen LogP contribution is -2.21. The summed E-state index contributed by atoms with van der Waals surface area (Å²) < 4.78 is 7.48. The fourth-order valence-corrected chi connectivity index (χ4v) is 2.41. The van der Waals surface area contributed by atoms with E-state index < -0.39 is 0 Å². The molecule has 1 fully saturated rings. The van der Waals surface area contributed by atoms with Gasteiger partial charge in [-0.05, 0) is 26.7 Å². The number of imidazole rings is 1. The molecule has 4 nitrogen and oxygen atoms in total. The number of rotatable bonds is 5. The van der Waals surface area contributed by atoms with E-state index in [0.29, 0.717) is 6.04 Å². The highest BCUT2D eigenvalue weighted by Crippen LogP contribution is 2.22. The molecular weight excluding hydrogens is 214 g/mol. The lowest BCUT2D eigenvalue weighted by molar-refractivity contribution is 0.104. The van der Waals surface area contributed by atoms with E-state index in [1.165, 1.54) is 25.7 Å². The van der Waals surface area contributed by atoms with Crippen LogP contribution in [0, 0.1) is 6.92 Å². The Morgan fingerprint density at radius 2 is 2.24 bits per heavy atom. The summed E-state index contributed by atoms with van der Waals surface area (Å²) in [6.45, 7) is 4.97. The van der Waals surface area contributed by atoms with E-state index in [1.807, 2.05) is 6.92 Å². The summed E-state index contributed by atoms with van der Waals surface area (Å²) in [7, 11) is 1.75. The van der Waals surface area contributed by atoms with Gasteiger partial charge < -0.3 is 14.6 Å².